The van der Waals surface area contributed by atoms with E-state index in [1.54, 1.807) is 45.0 Å². The van der Waals surface area contributed by atoms with Crippen LogP contribution in [-0.2, 0) is 15.7 Å². The van der Waals surface area contributed by atoms with Crippen LogP contribution in [0.25, 0.3) is 0 Å². The van der Waals surface area contributed by atoms with Crippen LogP contribution < -0.4 is 10.2 Å². The fraction of sp³-hybridized carbons (Fsp3) is 0.379. The molecule has 216 valence electrons. The van der Waals surface area contributed by atoms with Crippen molar-refractivity contribution >= 4 is 23.7 Å². The average molecular weight is 570 g/mol. The molecule has 0 saturated carbocycles. The number of carbonyl (C=O) groups is 3. The summed E-state index contributed by atoms with van der Waals surface area (Å²) in [6.45, 7) is 7.61. The third kappa shape index (κ3) is 6.45. The highest BCUT2D eigenvalue weighted by molar-refractivity contribution is 6.05. The lowest BCUT2D eigenvalue weighted by atomic mass is 9.92. The fourth-order valence-electron chi connectivity index (χ4n) is 4.74. The number of nitriles is 1. The van der Waals surface area contributed by atoms with Gasteiger partial charge in [-0.2, -0.15) is 18.4 Å². The van der Waals surface area contributed by atoms with E-state index < -0.39 is 41.4 Å². The van der Waals surface area contributed by atoms with Crippen molar-refractivity contribution in [1.29, 1.82) is 5.26 Å². The van der Waals surface area contributed by atoms with Crippen molar-refractivity contribution in [2.75, 3.05) is 31.1 Å². The molecular formula is C29H30F3N5O4. The zero-order chi connectivity index (χ0) is 30.1. The van der Waals surface area contributed by atoms with Gasteiger partial charge < -0.3 is 19.9 Å². The number of urea groups is 1. The highest BCUT2D eigenvalue weighted by Crippen LogP contribution is 2.37. The topological polar surface area (TPSA) is 106 Å². The minimum atomic E-state index is -4.63. The molecule has 1 N–H and O–H groups in total. The van der Waals surface area contributed by atoms with Crippen LogP contribution in [0.3, 0.4) is 0 Å². The van der Waals surface area contributed by atoms with Gasteiger partial charge in [0, 0.05) is 31.9 Å². The monoisotopic (exact) mass is 569 g/mol. The number of piperazine rings is 1. The van der Waals surface area contributed by atoms with E-state index in [-0.39, 0.29) is 43.1 Å². The highest BCUT2D eigenvalue weighted by Gasteiger charge is 2.40. The van der Waals surface area contributed by atoms with Crippen molar-refractivity contribution < 1.29 is 32.3 Å². The SMILES string of the molecule is CC1=C(C(=O)N2CCN(C(=O)OC(C)(C)C)CC2)[C@@H](c2ccc(C#N)cc2)NC(=O)N1c1cccc(C(F)(F)F)c1. The Morgan fingerprint density at radius 3 is 2.17 bits per heavy atom. The molecular weight excluding hydrogens is 539 g/mol. The quantitative estimate of drug-likeness (QED) is 0.547. The lowest BCUT2D eigenvalue weighted by Gasteiger charge is -2.40. The van der Waals surface area contributed by atoms with Crippen LogP contribution in [0.2, 0.25) is 0 Å². The average Bonchev–Trinajstić information content (AvgIpc) is 2.91. The lowest BCUT2D eigenvalue weighted by molar-refractivity contribution is -0.137. The summed E-state index contributed by atoms with van der Waals surface area (Å²) in [4.78, 5) is 43.9. The van der Waals surface area contributed by atoms with Crippen molar-refractivity contribution in [1.82, 2.24) is 15.1 Å². The number of benzene rings is 2. The number of allylic oxidation sites excluding steroid dienone is 1. The van der Waals surface area contributed by atoms with Gasteiger partial charge in [0.05, 0.1) is 34.5 Å². The van der Waals surface area contributed by atoms with Crippen LogP contribution in [0.5, 0.6) is 0 Å². The molecule has 0 bridgehead atoms. The van der Waals surface area contributed by atoms with Crippen LogP contribution in [0.4, 0.5) is 28.4 Å². The Bertz CT molecular complexity index is 1420. The molecule has 2 aliphatic rings. The van der Waals surface area contributed by atoms with Crippen LogP contribution in [0.1, 0.15) is 50.4 Å². The van der Waals surface area contributed by atoms with Gasteiger partial charge in [-0.1, -0.05) is 18.2 Å². The zero-order valence-electron chi connectivity index (χ0n) is 23.1. The normalized spacial score (nSPS) is 18.1. The van der Waals surface area contributed by atoms with E-state index in [9.17, 15) is 32.8 Å². The van der Waals surface area contributed by atoms with Gasteiger partial charge in [-0.05, 0) is 63.6 Å². The van der Waals surface area contributed by atoms with Crippen molar-refractivity contribution in [3.63, 3.8) is 0 Å². The van der Waals surface area contributed by atoms with E-state index in [1.807, 2.05) is 6.07 Å². The van der Waals surface area contributed by atoms with Crippen LogP contribution in [-0.4, -0.2) is 59.6 Å². The molecule has 0 unspecified atom stereocenters. The molecule has 2 aromatic rings. The maximum absolute atomic E-state index is 14.0. The first kappa shape index (κ1) is 29.5. The van der Waals surface area contributed by atoms with Crippen molar-refractivity contribution in [3.05, 3.63) is 76.5 Å². The summed E-state index contributed by atoms with van der Waals surface area (Å²) >= 11 is 0. The van der Waals surface area contributed by atoms with E-state index in [1.165, 1.54) is 28.9 Å². The molecule has 1 saturated heterocycles. The number of nitrogens with one attached hydrogen (secondary N) is 1. The first-order chi connectivity index (χ1) is 19.2. The van der Waals surface area contributed by atoms with Crippen LogP contribution in [0, 0.1) is 11.3 Å². The molecule has 41 heavy (non-hydrogen) atoms. The Kier molecular flexibility index (Phi) is 8.01. The number of amides is 4. The first-order valence-electron chi connectivity index (χ1n) is 13.0. The molecule has 4 amide bonds. The second-order valence-corrected chi connectivity index (χ2v) is 10.8. The van der Waals surface area contributed by atoms with Gasteiger partial charge in [0.25, 0.3) is 5.91 Å². The van der Waals surface area contributed by atoms with Crippen molar-refractivity contribution in [2.45, 2.75) is 45.5 Å². The standard InChI is InChI=1S/C29H30F3N5O4/c1-18-23(25(38)35-12-14-36(15-13-35)27(40)41-28(2,3)4)24(20-10-8-19(17-33)9-11-20)34-26(39)37(18)22-7-5-6-21(16-22)29(30,31)32/h5-11,16,24H,12-15H2,1-4H3,(H,34,39)/t24-/m1/s1. The van der Waals surface area contributed by atoms with Gasteiger partial charge in [0.15, 0.2) is 0 Å². The summed E-state index contributed by atoms with van der Waals surface area (Å²) in [5.74, 6) is -0.433. The number of rotatable bonds is 3. The Morgan fingerprint density at radius 1 is 1.00 bits per heavy atom. The minimum Gasteiger partial charge on any atom is -0.444 e. The third-order valence-corrected chi connectivity index (χ3v) is 6.74. The molecule has 9 nitrogen and oxygen atoms in total. The fourth-order valence-corrected chi connectivity index (χ4v) is 4.74. The summed E-state index contributed by atoms with van der Waals surface area (Å²) < 4.78 is 45.8. The molecule has 1 fully saturated rings. The number of hydrogen-bond donors (Lipinski definition) is 1. The van der Waals surface area contributed by atoms with Gasteiger partial charge in [0.1, 0.15) is 5.60 Å². The Labute approximate surface area is 235 Å². The summed E-state index contributed by atoms with van der Waals surface area (Å²) in [7, 11) is 0. The second kappa shape index (κ2) is 11.2. The van der Waals surface area contributed by atoms with Crippen molar-refractivity contribution in [3.8, 4) is 6.07 Å². The number of halogens is 3. The van der Waals surface area contributed by atoms with E-state index in [0.29, 0.717) is 11.1 Å². The molecule has 2 heterocycles. The van der Waals surface area contributed by atoms with Gasteiger partial charge in [-0.3, -0.25) is 9.69 Å². The maximum Gasteiger partial charge on any atom is 0.416 e. The summed E-state index contributed by atoms with van der Waals surface area (Å²) in [5, 5.41) is 11.9. The summed E-state index contributed by atoms with van der Waals surface area (Å²) in [5.41, 5.74) is -0.416. The Hall–Kier alpha value is -4.53. The van der Waals surface area contributed by atoms with E-state index in [0.717, 1.165) is 17.0 Å². The second-order valence-electron chi connectivity index (χ2n) is 10.8. The molecule has 2 aliphatic heterocycles. The Balaban J connectivity index is 1.70. The largest absolute Gasteiger partial charge is 0.444 e. The predicted octanol–water partition coefficient (Wildman–Crippen LogP) is 5.20. The van der Waals surface area contributed by atoms with E-state index in [2.05, 4.69) is 5.32 Å². The predicted molar refractivity (Wildman–Crippen MR) is 143 cm³/mol. The molecule has 12 heteroatoms. The third-order valence-electron chi connectivity index (χ3n) is 6.74. The summed E-state index contributed by atoms with van der Waals surface area (Å²) in [6.07, 6.45) is -5.12. The molecule has 0 aliphatic carbocycles. The number of hydrogen-bond acceptors (Lipinski definition) is 5. The van der Waals surface area contributed by atoms with E-state index in [4.69, 9.17) is 4.74 Å². The van der Waals surface area contributed by atoms with Crippen LogP contribution in [0.15, 0.2) is 59.8 Å². The number of nitrogens with zero attached hydrogens (tertiary/aromatic N) is 4. The maximum atomic E-state index is 14.0. The van der Waals surface area contributed by atoms with Gasteiger partial charge in [-0.25, -0.2) is 9.59 Å². The smallest absolute Gasteiger partial charge is 0.416 e. The van der Waals surface area contributed by atoms with Gasteiger partial charge in [0.2, 0.25) is 0 Å². The van der Waals surface area contributed by atoms with Crippen LogP contribution >= 0.6 is 0 Å². The van der Waals surface area contributed by atoms with Gasteiger partial charge >= 0.3 is 18.3 Å². The van der Waals surface area contributed by atoms with E-state index >= 15 is 0 Å². The summed E-state index contributed by atoms with van der Waals surface area (Å²) in [6, 6.07) is 11.0. The highest BCUT2D eigenvalue weighted by atomic mass is 19.4. The van der Waals surface area contributed by atoms with Crippen molar-refractivity contribution in [2.24, 2.45) is 0 Å². The molecule has 0 aromatic heterocycles. The molecule has 4 rings (SSSR count). The molecule has 1 atom stereocenters. The minimum absolute atomic E-state index is 0.0480. The molecule has 2 aromatic carbocycles. The molecule has 0 spiro atoms. The number of alkyl halides is 3. The number of ether oxygens (including phenoxy) is 1. The molecule has 0 radical (unpaired) electrons. The Morgan fingerprint density at radius 2 is 1.61 bits per heavy atom. The first-order valence-corrected chi connectivity index (χ1v) is 13.0. The van der Waals surface area contributed by atoms with Gasteiger partial charge in [-0.15, -0.1) is 0 Å². The zero-order valence-corrected chi connectivity index (χ0v) is 23.1. The number of anilines is 1. The number of carbonyl (C=O) groups excluding carboxylic acids is 3. The lowest BCUT2D eigenvalue weighted by Crippen LogP contribution is -2.54.